The van der Waals surface area contributed by atoms with Gasteiger partial charge in [0.2, 0.25) is 0 Å². The minimum absolute atomic E-state index is 0.889. The Kier molecular flexibility index (Phi) is 15.7. The molecule has 0 saturated carbocycles. The van der Waals surface area contributed by atoms with Gasteiger partial charge in [-0.25, -0.2) is 0 Å². The van der Waals surface area contributed by atoms with Gasteiger partial charge in [-0.1, -0.05) is 346 Å². The molecule has 0 unspecified atom stereocenters. The summed E-state index contributed by atoms with van der Waals surface area (Å²) in [5.41, 5.74) is 27.8. The molecule has 0 radical (unpaired) electrons. The second-order valence-corrected chi connectivity index (χ2v) is 35.7. The van der Waals surface area contributed by atoms with Crippen LogP contribution in [0.5, 0.6) is 0 Å². The van der Waals surface area contributed by atoms with Crippen molar-refractivity contribution in [3.63, 3.8) is 0 Å². The fourth-order valence-corrected chi connectivity index (χ4v) is 23.0. The quantitative estimate of drug-likeness (QED) is 0.101. The Labute approximate surface area is 761 Å². The Bertz CT molecular complexity index is 9990. The van der Waals surface area contributed by atoms with Crippen molar-refractivity contribution in [2.75, 3.05) is 4.90 Å². The van der Waals surface area contributed by atoms with Crippen LogP contribution < -0.4 is 4.90 Å². The molecule has 5 heteroatoms. The zero-order valence-electron chi connectivity index (χ0n) is 71.7. The standard InChI is InChI=1S/C50H29NO2.C40H22O.C38H22O/c1-2-11-35(12-3-1)51(37-23-27-44-42(29-37)39-13-4-5-15-43(39)52-44)36-21-18-30(19-22-36)33-9-6-10-34(28-33)38-24-25-41-40-14-7-8-31-16-17-32-20-26-45-49(47(32)46(31)40)48(41)50(38)53-45;1-2-9-23(10-3-1)34-26-12-4-6-14-28(26)37(29-15-7-5-13-27(29)34)31-20-22-33-40-38(31)30-16-8-11-24-17-18-25-19-21-32(41-33)39(40)36(25)35(24)30;1-2-5-23(6-3-1)24-9-11-25(12-10-24)26-13-15-27(16-14-26)30-20-22-33-38-36(30)31-8-4-7-28-17-18-29-19-21-32(39-33)37(38)35(29)34(28)31/h1-29H;1-22H;1-22H. The number of furan rings is 4. The summed E-state index contributed by atoms with van der Waals surface area (Å²) in [6, 6.07) is 160. The van der Waals surface area contributed by atoms with E-state index < -0.39 is 0 Å². The summed E-state index contributed by atoms with van der Waals surface area (Å²) in [5, 5.41) is 37.9. The van der Waals surface area contributed by atoms with E-state index in [9.17, 15) is 0 Å². The molecule has 31 rings (SSSR count). The van der Waals surface area contributed by atoms with Crippen LogP contribution in [0, 0.1) is 0 Å². The van der Waals surface area contributed by atoms with Gasteiger partial charge < -0.3 is 22.6 Å². The number of nitrogens with zero attached hydrogens (tertiary/aromatic N) is 1. The second-order valence-electron chi connectivity index (χ2n) is 35.7. The van der Waals surface area contributed by atoms with E-state index in [0.717, 1.165) is 94.8 Å². The first-order valence-corrected chi connectivity index (χ1v) is 45.7. The van der Waals surface area contributed by atoms with Crippen LogP contribution in [0.3, 0.4) is 0 Å². The molecule has 31 aromatic rings. The highest BCUT2D eigenvalue weighted by Gasteiger charge is 2.29. The Morgan fingerprint density at radius 2 is 0.474 bits per heavy atom. The summed E-state index contributed by atoms with van der Waals surface area (Å²) >= 11 is 0. The predicted octanol–water partition coefficient (Wildman–Crippen LogP) is 37.1. The Morgan fingerprint density at radius 3 is 1.05 bits per heavy atom. The molecule has 0 atom stereocenters. The molecule has 0 amide bonds. The maximum Gasteiger partial charge on any atom is 0.143 e. The second kappa shape index (κ2) is 28.4. The van der Waals surface area contributed by atoms with Gasteiger partial charge in [0.05, 0.1) is 0 Å². The van der Waals surface area contributed by atoms with Crippen LogP contribution in [0.25, 0.3) is 284 Å². The Hall–Kier alpha value is -17.6. The van der Waals surface area contributed by atoms with Crippen molar-refractivity contribution < 1.29 is 17.7 Å². The third-order valence-electron chi connectivity index (χ3n) is 28.7. The average molecular weight is 1690 g/mol. The molecule has 0 N–H and O–H groups in total. The SMILES string of the molecule is c1ccc(-c2c3ccccc3c(-c3ccc4oc5ccc6ccc7cccc8c3c4c5c6c78)c3ccccc23)cc1.c1ccc(-c2ccc(-c3ccc(-c4ccc5oc6ccc7ccc8cccc9c4c5c6c7c89)cc3)cc2)cc1.c1ccc(N(c2ccc(-c3cccc(-c4ccc5c6cccc7ccc8ccc9oc4c5c9c8c76)c3)cc2)c2ccc3oc4ccccc4c3c2)cc1. The van der Waals surface area contributed by atoms with Gasteiger partial charge in [0.25, 0.3) is 0 Å². The molecule has 27 aromatic carbocycles. The van der Waals surface area contributed by atoms with Crippen LogP contribution in [-0.2, 0) is 0 Å². The summed E-state index contributed by atoms with van der Waals surface area (Å²) in [6.07, 6.45) is 0. The zero-order valence-corrected chi connectivity index (χ0v) is 71.7. The number of hydrogen-bond acceptors (Lipinski definition) is 5. The van der Waals surface area contributed by atoms with Crippen molar-refractivity contribution in [1.29, 1.82) is 0 Å². The van der Waals surface area contributed by atoms with E-state index in [1.54, 1.807) is 0 Å². The predicted molar refractivity (Wildman–Crippen MR) is 561 cm³/mol. The van der Waals surface area contributed by atoms with E-state index in [2.05, 4.69) is 436 Å². The van der Waals surface area contributed by atoms with E-state index in [1.807, 2.05) is 12.1 Å². The number of benzene rings is 27. The lowest BCUT2D eigenvalue weighted by atomic mass is 9.82. The number of fused-ring (bicyclic) bond motifs is 8. The van der Waals surface area contributed by atoms with E-state index in [1.165, 1.54) is 206 Å². The van der Waals surface area contributed by atoms with E-state index >= 15 is 0 Å². The highest BCUT2D eigenvalue weighted by atomic mass is 16.3. The van der Waals surface area contributed by atoms with Gasteiger partial charge in [-0.05, 0) is 261 Å². The lowest BCUT2D eigenvalue weighted by Gasteiger charge is -2.25. The van der Waals surface area contributed by atoms with Crippen LogP contribution in [0.1, 0.15) is 0 Å². The zero-order chi connectivity index (χ0) is 86.8. The summed E-state index contributed by atoms with van der Waals surface area (Å²) < 4.78 is 25.8. The highest BCUT2D eigenvalue weighted by molar-refractivity contribution is 6.44. The number of hydrogen-bond donors (Lipinski definition) is 0. The molecule has 5 nitrogen and oxygen atoms in total. The molecular formula is C128H73NO4. The number of anilines is 3. The van der Waals surface area contributed by atoms with Gasteiger partial charge in [-0.3, -0.25) is 0 Å². The van der Waals surface area contributed by atoms with E-state index in [0.29, 0.717) is 0 Å². The van der Waals surface area contributed by atoms with Crippen LogP contribution >= 0.6 is 0 Å². The summed E-state index contributed by atoms with van der Waals surface area (Å²) in [7, 11) is 0. The van der Waals surface area contributed by atoms with Gasteiger partial charge in [0, 0.05) is 92.6 Å². The molecule has 0 aliphatic carbocycles. The molecule has 4 aromatic heterocycles. The lowest BCUT2D eigenvalue weighted by molar-refractivity contribution is 0.668. The van der Waals surface area contributed by atoms with E-state index in [-0.39, 0.29) is 0 Å². The number of para-hydroxylation sites is 2. The molecule has 0 saturated heterocycles. The molecule has 0 aliphatic rings. The van der Waals surface area contributed by atoms with Crippen LogP contribution in [0.2, 0.25) is 0 Å². The van der Waals surface area contributed by atoms with Gasteiger partial charge in [0.15, 0.2) is 0 Å². The normalized spacial score (nSPS) is 12.2. The van der Waals surface area contributed by atoms with Crippen LogP contribution in [0.4, 0.5) is 17.1 Å². The first-order chi connectivity index (χ1) is 66.0. The smallest absolute Gasteiger partial charge is 0.143 e. The third kappa shape index (κ3) is 10.9. The lowest BCUT2D eigenvalue weighted by Crippen LogP contribution is -2.09. The van der Waals surface area contributed by atoms with Crippen LogP contribution in [-0.4, -0.2) is 0 Å². The highest BCUT2D eigenvalue weighted by Crippen LogP contribution is 2.56. The molecule has 0 bridgehead atoms. The maximum atomic E-state index is 6.77. The van der Waals surface area contributed by atoms with Gasteiger partial charge in [-0.15, -0.1) is 0 Å². The third-order valence-corrected chi connectivity index (χ3v) is 28.7. The van der Waals surface area contributed by atoms with E-state index in [4.69, 9.17) is 17.7 Å². The van der Waals surface area contributed by atoms with Crippen molar-refractivity contribution in [3.05, 3.63) is 443 Å². The molecular weight excluding hydrogens is 1620 g/mol. The minimum atomic E-state index is 0.889. The van der Waals surface area contributed by atoms with Crippen molar-refractivity contribution in [3.8, 4) is 77.9 Å². The molecule has 133 heavy (non-hydrogen) atoms. The van der Waals surface area contributed by atoms with Crippen molar-refractivity contribution in [2.24, 2.45) is 0 Å². The molecule has 4 heterocycles. The summed E-state index contributed by atoms with van der Waals surface area (Å²) in [4.78, 5) is 2.31. The van der Waals surface area contributed by atoms with Gasteiger partial charge in [0.1, 0.15) is 44.7 Å². The summed E-state index contributed by atoms with van der Waals surface area (Å²) in [5.74, 6) is 0. The topological polar surface area (TPSA) is 55.8 Å². The van der Waals surface area contributed by atoms with Crippen LogP contribution in [0.15, 0.2) is 461 Å². The molecule has 0 spiro atoms. The number of rotatable bonds is 10. The van der Waals surface area contributed by atoms with Crippen molar-refractivity contribution >= 4 is 223 Å². The van der Waals surface area contributed by atoms with Crippen molar-refractivity contribution in [1.82, 2.24) is 0 Å². The first-order valence-electron chi connectivity index (χ1n) is 45.7. The van der Waals surface area contributed by atoms with Crippen molar-refractivity contribution in [2.45, 2.75) is 0 Å². The minimum Gasteiger partial charge on any atom is -0.456 e. The van der Waals surface area contributed by atoms with Gasteiger partial charge in [-0.2, -0.15) is 0 Å². The Balaban J connectivity index is 0.0000000989. The fourth-order valence-electron chi connectivity index (χ4n) is 23.0. The Morgan fingerprint density at radius 1 is 0.135 bits per heavy atom. The molecule has 0 aliphatic heterocycles. The largest absolute Gasteiger partial charge is 0.456 e. The average Bonchev–Trinajstić information content (AvgIpc) is 1.61. The monoisotopic (exact) mass is 1690 g/mol. The fraction of sp³-hybridized carbons (Fsp3) is 0. The maximum absolute atomic E-state index is 6.77. The molecule has 614 valence electrons. The first kappa shape index (κ1) is 73.4. The van der Waals surface area contributed by atoms with Gasteiger partial charge >= 0.3 is 0 Å². The molecule has 0 fully saturated rings. The summed E-state index contributed by atoms with van der Waals surface area (Å²) in [6.45, 7) is 0.